The second kappa shape index (κ2) is 3.08. The lowest BCUT2D eigenvalue weighted by atomic mass is 9.92. The van der Waals surface area contributed by atoms with Crippen LogP contribution in [0.1, 0.15) is 23.7 Å². The molecular formula is C11H10O4. The number of carboxylic acid groups (broad SMARTS) is 1. The van der Waals surface area contributed by atoms with Gasteiger partial charge in [0, 0.05) is 0 Å². The molecule has 1 aromatic rings. The van der Waals surface area contributed by atoms with E-state index in [1.165, 1.54) is 6.92 Å². The van der Waals surface area contributed by atoms with Gasteiger partial charge in [-0.05, 0) is 19.1 Å². The van der Waals surface area contributed by atoms with Gasteiger partial charge in [-0.3, -0.25) is 4.79 Å². The minimum atomic E-state index is -1.44. The molecule has 1 aliphatic heterocycles. The summed E-state index contributed by atoms with van der Waals surface area (Å²) in [5, 5.41) is 8.96. The number of ether oxygens (including phenoxy) is 1. The van der Waals surface area contributed by atoms with Crippen LogP contribution in [-0.4, -0.2) is 22.5 Å². The molecule has 0 aliphatic carbocycles. The van der Waals surface area contributed by atoms with Crippen molar-refractivity contribution in [3.05, 3.63) is 29.8 Å². The van der Waals surface area contributed by atoms with Gasteiger partial charge in [-0.1, -0.05) is 12.1 Å². The van der Waals surface area contributed by atoms with Gasteiger partial charge in [-0.15, -0.1) is 0 Å². The summed E-state index contributed by atoms with van der Waals surface area (Å²) in [6.45, 7) is 1.41. The molecule has 4 heteroatoms. The molecule has 78 valence electrons. The normalized spacial score (nSPS) is 24.2. The third kappa shape index (κ3) is 1.48. The van der Waals surface area contributed by atoms with Gasteiger partial charge in [-0.2, -0.15) is 0 Å². The number of fused-ring (bicyclic) bond motifs is 1. The monoisotopic (exact) mass is 206 g/mol. The Morgan fingerprint density at radius 2 is 2.13 bits per heavy atom. The van der Waals surface area contributed by atoms with E-state index < -0.39 is 11.6 Å². The van der Waals surface area contributed by atoms with E-state index in [0.717, 1.165) is 0 Å². The third-order valence-corrected chi connectivity index (χ3v) is 2.47. The maximum absolute atomic E-state index is 11.7. The number of benzene rings is 1. The molecule has 0 saturated carbocycles. The largest absolute Gasteiger partial charge is 0.478 e. The molecule has 4 nitrogen and oxygen atoms in total. The number of aliphatic carboxylic acids is 1. The van der Waals surface area contributed by atoms with Crippen LogP contribution in [0.4, 0.5) is 0 Å². The number of para-hydroxylation sites is 1. The molecule has 0 unspecified atom stereocenters. The average Bonchev–Trinajstić information content (AvgIpc) is 2.17. The SMILES string of the molecule is C[C@]1(C(=O)O)CC(=O)c2ccccc2O1. The summed E-state index contributed by atoms with van der Waals surface area (Å²) < 4.78 is 5.33. The number of carbonyl (C=O) groups is 2. The van der Waals surface area contributed by atoms with Crippen LogP contribution in [0.2, 0.25) is 0 Å². The zero-order valence-electron chi connectivity index (χ0n) is 8.19. The highest BCUT2D eigenvalue weighted by Gasteiger charge is 2.42. The Morgan fingerprint density at radius 3 is 2.80 bits per heavy atom. The van der Waals surface area contributed by atoms with Crippen LogP contribution in [0.25, 0.3) is 0 Å². The van der Waals surface area contributed by atoms with Crippen LogP contribution in [-0.2, 0) is 4.79 Å². The lowest BCUT2D eigenvalue weighted by Crippen LogP contribution is -2.46. The topological polar surface area (TPSA) is 63.6 Å². The van der Waals surface area contributed by atoms with E-state index in [4.69, 9.17) is 9.84 Å². The molecule has 1 aliphatic rings. The van der Waals surface area contributed by atoms with Crippen molar-refractivity contribution in [2.75, 3.05) is 0 Å². The van der Waals surface area contributed by atoms with E-state index in [1.54, 1.807) is 24.3 Å². The molecule has 1 atom stereocenters. The molecule has 0 spiro atoms. The number of carboxylic acids is 1. The van der Waals surface area contributed by atoms with Gasteiger partial charge in [0.15, 0.2) is 5.78 Å². The lowest BCUT2D eigenvalue weighted by Gasteiger charge is -2.30. The molecule has 0 bridgehead atoms. The highest BCUT2D eigenvalue weighted by atomic mass is 16.5. The minimum absolute atomic E-state index is 0.126. The van der Waals surface area contributed by atoms with E-state index >= 15 is 0 Å². The number of Topliss-reactive ketones (excluding diaryl/α,β-unsaturated/α-hetero) is 1. The maximum Gasteiger partial charge on any atom is 0.348 e. The zero-order valence-corrected chi connectivity index (χ0v) is 8.19. The molecule has 0 radical (unpaired) electrons. The second-order valence-corrected chi connectivity index (χ2v) is 3.73. The van der Waals surface area contributed by atoms with E-state index in [0.29, 0.717) is 11.3 Å². The molecule has 0 aromatic heterocycles. The van der Waals surface area contributed by atoms with Crippen LogP contribution in [0, 0.1) is 0 Å². The number of ketones is 1. The van der Waals surface area contributed by atoms with Gasteiger partial charge in [0.05, 0.1) is 12.0 Å². The van der Waals surface area contributed by atoms with Gasteiger partial charge in [-0.25, -0.2) is 4.79 Å². The average molecular weight is 206 g/mol. The molecule has 1 aromatic carbocycles. The summed E-state index contributed by atoms with van der Waals surface area (Å²) in [6, 6.07) is 6.68. The molecule has 1 heterocycles. The minimum Gasteiger partial charge on any atom is -0.478 e. The molecular weight excluding hydrogens is 196 g/mol. The van der Waals surface area contributed by atoms with Crippen molar-refractivity contribution < 1.29 is 19.4 Å². The Morgan fingerprint density at radius 1 is 1.47 bits per heavy atom. The van der Waals surface area contributed by atoms with Crippen molar-refractivity contribution in [2.24, 2.45) is 0 Å². The first-order chi connectivity index (χ1) is 7.03. The maximum atomic E-state index is 11.7. The van der Waals surface area contributed by atoms with Crippen LogP contribution in [0.15, 0.2) is 24.3 Å². The fourth-order valence-electron chi connectivity index (χ4n) is 1.59. The number of rotatable bonds is 1. The van der Waals surface area contributed by atoms with E-state index in [2.05, 4.69) is 0 Å². The predicted octanol–water partition coefficient (Wildman–Crippen LogP) is 1.50. The van der Waals surface area contributed by atoms with Gasteiger partial charge >= 0.3 is 5.97 Å². The molecule has 0 amide bonds. The first-order valence-electron chi connectivity index (χ1n) is 4.57. The number of hydrogen-bond donors (Lipinski definition) is 1. The Hall–Kier alpha value is -1.84. The van der Waals surface area contributed by atoms with Crippen molar-refractivity contribution in [3.8, 4) is 5.75 Å². The van der Waals surface area contributed by atoms with E-state index in [-0.39, 0.29) is 12.2 Å². The number of carbonyl (C=O) groups excluding carboxylic acids is 1. The highest BCUT2D eigenvalue weighted by Crippen LogP contribution is 2.32. The smallest absolute Gasteiger partial charge is 0.348 e. The Balaban J connectivity index is 2.47. The molecule has 0 saturated heterocycles. The highest BCUT2D eigenvalue weighted by molar-refractivity contribution is 6.03. The zero-order chi connectivity index (χ0) is 11.1. The number of hydrogen-bond acceptors (Lipinski definition) is 3. The lowest BCUT2D eigenvalue weighted by molar-refractivity contribution is -0.154. The van der Waals surface area contributed by atoms with E-state index in [9.17, 15) is 9.59 Å². The van der Waals surface area contributed by atoms with E-state index in [1.807, 2.05) is 0 Å². The van der Waals surface area contributed by atoms with Crippen molar-refractivity contribution in [1.29, 1.82) is 0 Å². The summed E-state index contributed by atoms with van der Waals surface area (Å²) in [5.74, 6) is -0.967. The standard InChI is InChI=1S/C11H10O4/c1-11(10(13)14)6-8(12)7-4-2-3-5-9(7)15-11/h2-5H,6H2,1H3,(H,13,14)/t11-/m1/s1. The summed E-state index contributed by atoms with van der Waals surface area (Å²) in [6.07, 6.45) is -0.126. The van der Waals surface area contributed by atoms with Gasteiger partial charge < -0.3 is 9.84 Å². The Labute approximate surface area is 86.5 Å². The van der Waals surface area contributed by atoms with Gasteiger partial charge in [0.1, 0.15) is 5.75 Å². The van der Waals surface area contributed by atoms with Crippen molar-refractivity contribution >= 4 is 11.8 Å². The van der Waals surface area contributed by atoms with Crippen molar-refractivity contribution in [1.82, 2.24) is 0 Å². The predicted molar refractivity (Wildman–Crippen MR) is 52.1 cm³/mol. The molecule has 2 rings (SSSR count). The third-order valence-electron chi connectivity index (χ3n) is 2.47. The molecule has 15 heavy (non-hydrogen) atoms. The van der Waals surface area contributed by atoms with Crippen molar-refractivity contribution in [2.45, 2.75) is 18.9 Å². The molecule has 1 N–H and O–H groups in total. The summed E-state index contributed by atoms with van der Waals surface area (Å²) in [7, 11) is 0. The van der Waals surface area contributed by atoms with Crippen LogP contribution in [0.5, 0.6) is 5.75 Å². The fourth-order valence-corrected chi connectivity index (χ4v) is 1.59. The fraction of sp³-hybridized carbons (Fsp3) is 0.273. The van der Waals surface area contributed by atoms with Crippen LogP contribution >= 0.6 is 0 Å². The summed E-state index contributed by atoms with van der Waals surface area (Å²) in [5.41, 5.74) is -0.984. The molecule has 0 fully saturated rings. The summed E-state index contributed by atoms with van der Waals surface area (Å²) >= 11 is 0. The first-order valence-corrected chi connectivity index (χ1v) is 4.57. The first kappa shape index (κ1) is 9.71. The van der Waals surface area contributed by atoms with Crippen LogP contribution in [0.3, 0.4) is 0 Å². The Bertz CT molecular complexity index is 438. The van der Waals surface area contributed by atoms with Gasteiger partial charge in [0.25, 0.3) is 0 Å². The van der Waals surface area contributed by atoms with Crippen LogP contribution < -0.4 is 4.74 Å². The second-order valence-electron chi connectivity index (χ2n) is 3.73. The summed E-state index contributed by atoms with van der Waals surface area (Å²) in [4.78, 5) is 22.6. The van der Waals surface area contributed by atoms with Gasteiger partial charge in [0.2, 0.25) is 5.60 Å². The Kier molecular flexibility index (Phi) is 2.00. The quantitative estimate of drug-likeness (QED) is 0.756. The van der Waals surface area contributed by atoms with Crippen molar-refractivity contribution in [3.63, 3.8) is 0 Å².